The standard InChI is InChI=1S/C13H17F3N2O/c1-17-8-10-5-6-18(9-10)11-3-2-4-12(7-11)19-13(14,15)16/h2-4,7,10,17H,5-6,8-9H2,1H3. The lowest BCUT2D eigenvalue weighted by atomic mass is 10.1. The largest absolute Gasteiger partial charge is 0.573 e. The number of alkyl halides is 3. The molecule has 1 aromatic rings. The molecule has 0 radical (unpaired) electrons. The first-order chi connectivity index (χ1) is 8.98. The number of rotatable bonds is 4. The summed E-state index contributed by atoms with van der Waals surface area (Å²) >= 11 is 0. The molecule has 1 aliphatic rings. The summed E-state index contributed by atoms with van der Waals surface area (Å²) in [5.74, 6) is 0.374. The van der Waals surface area contributed by atoms with Crippen LogP contribution in [0.3, 0.4) is 0 Å². The van der Waals surface area contributed by atoms with Crippen molar-refractivity contribution in [2.45, 2.75) is 12.8 Å². The molecule has 1 aliphatic heterocycles. The molecule has 1 heterocycles. The average Bonchev–Trinajstić information content (AvgIpc) is 2.76. The molecule has 1 fully saturated rings. The minimum atomic E-state index is -4.64. The second kappa shape index (κ2) is 5.69. The number of nitrogens with zero attached hydrogens (tertiary/aromatic N) is 1. The maximum Gasteiger partial charge on any atom is 0.573 e. The molecule has 6 heteroatoms. The Balaban J connectivity index is 2.03. The van der Waals surface area contributed by atoms with Gasteiger partial charge in [0.05, 0.1) is 0 Å². The number of hydrogen-bond acceptors (Lipinski definition) is 3. The van der Waals surface area contributed by atoms with Crippen molar-refractivity contribution >= 4 is 5.69 Å². The summed E-state index contributed by atoms with van der Waals surface area (Å²) < 4.78 is 40.4. The Hall–Kier alpha value is -1.43. The van der Waals surface area contributed by atoms with E-state index in [2.05, 4.69) is 15.0 Å². The number of anilines is 1. The zero-order chi connectivity index (χ0) is 13.9. The fraction of sp³-hybridized carbons (Fsp3) is 0.538. The van der Waals surface area contributed by atoms with Gasteiger partial charge in [-0.3, -0.25) is 0 Å². The molecule has 0 bridgehead atoms. The van der Waals surface area contributed by atoms with Crippen molar-refractivity contribution in [3.8, 4) is 5.75 Å². The van der Waals surface area contributed by atoms with Gasteiger partial charge in [-0.1, -0.05) is 6.07 Å². The first-order valence-corrected chi connectivity index (χ1v) is 6.23. The average molecular weight is 274 g/mol. The molecule has 1 atom stereocenters. The van der Waals surface area contributed by atoms with Gasteiger partial charge in [-0.25, -0.2) is 0 Å². The van der Waals surface area contributed by atoms with Crippen LogP contribution >= 0.6 is 0 Å². The van der Waals surface area contributed by atoms with Gasteiger partial charge in [0.1, 0.15) is 5.75 Å². The van der Waals surface area contributed by atoms with Gasteiger partial charge in [0, 0.05) is 24.8 Å². The summed E-state index contributed by atoms with van der Waals surface area (Å²) in [5.41, 5.74) is 0.778. The summed E-state index contributed by atoms with van der Waals surface area (Å²) in [6, 6.07) is 6.15. The summed E-state index contributed by atoms with van der Waals surface area (Å²) in [6.45, 7) is 2.65. The van der Waals surface area contributed by atoms with Gasteiger partial charge in [0.25, 0.3) is 0 Å². The number of ether oxygens (including phenoxy) is 1. The number of benzene rings is 1. The molecule has 1 saturated heterocycles. The number of hydrogen-bond donors (Lipinski definition) is 1. The minimum Gasteiger partial charge on any atom is -0.406 e. The second-order valence-electron chi connectivity index (χ2n) is 4.70. The van der Waals surface area contributed by atoms with E-state index in [1.165, 1.54) is 12.1 Å². The van der Waals surface area contributed by atoms with E-state index < -0.39 is 6.36 Å². The van der Waals surface area contributed by atoms with Crippen LogP contribution in [-0.2, 0) is 0 Å². The second-order valence-corrected chi connectivity index (χ2v) is 4.70. The van der Waals surface area contributed by atoms with Crippen LogP contribution in [-0.4, -0.2) is 33.0 Å². The number of nitrogens with one attached hydrogen (secondary N) is 1. The molecule has 1 aromatic carbocycles. The molecule has 1 unspecified atom stereocenters. The predicted molar refractivity (Wildman–Crippen MR) is 67.4 cm³/mol. The van der Waals surface area contributed by atoms with E-state index >= 15 is 0 Å². The highest BCUT2D eigenvalue weighted by Crippen LogP contribution is 2.29. The highest BCUT2D eigenvalue weighted by molar-refractivity contribution is 5.51. The fourth-order valence-electron chi connectivity index (χ4n) is 2.40. The van der Waals surface area contributed by atoms with Gasteiger partial charge in [-0.15, -0.1) is 13.2 Å². The Morgan fingerprint density at radius 2 is 2.21 bits per heavy atom. The lowest BCUT2D eigenvalue weighted by Crippen LogP contribution is -2.24. The molecule has 1 N–H and O–H groups in total. The van der Waals surface area contributed by atoms with Crippen molar-refractivity contribution in [3.63, 3.8) is 0 Å². The SMILES string of the molecule is CNCC1CCN(c2cccc(OC(F)(F)F)c2)C1. The lowest BCUT2D eigenvalue weighted by molar-refractivity contribution is -0.274. The van der Waals surface area contributed by atoms with E-state index in [-0.39, 0.29) is 5.75 Å². The highest BCUT2D eigenvalue weighted by atomic mass is 19.4. The van der Waals surface area contributed by atoms with E-state index in [1.807, 2.05) is 13.1 Å². The van der Waals surface area contributed by atoms with Crippen molar-refractivity contribution in [2.24, 2.45) is 5.92 Å². The van der Waals surface area contributed by atoms with Crippen molar-refractivity contribution in [1.82, 2.24) is 5.32 Å². The van der Waals surface area contributed by atoms with Crippen LogP contribution < -0.4 is 15.0 Å². The van der Waals surface area contributed by atoms with E-state index in [4.69, 9.17) is 0 Å². The molecular weight excluding hydrogens is 257 g/mol. The van der Waals surface area contributed by atoms with Crippen LogP contribution in [0.5, 0.6) is 5.75 Å². The highest BCUT2D eigenvalue weighted by Gasteiger charge is 2.31. The molecule has 0 spiro atoms. The molecule has 2 rings (SSSR count). The Bertz CT molecular complexity index is 423. The molecule has 106 valence electrons. The van der Waals surface area contributed by atoms with Gasteiger partial charge in [-0.2, -0.15) is 0 Å². The zero-order valence-electron chi connectivity index (χ0n) is 10.7. The molecule has 0 aromatic heterocycles. The Morgan fingerprint density at radius 1 is 1.42 bits per heavy atom. The van der Waals surface area contributed by atoms with Gasteiger partial charge in [-0.05, 0) is 38.1 Å². The first-order valence-electron chi connectivity index (χ1n) is 6.23. The van der Waals surface area contributed by atoms with Crippen LogP contribution in [0.25, 0.3) is 0 Å². The van der Waals surface area contributed by atoms with Gasteiger partial charge in [0.15, 0.2) is 0 Å². The maximum atomic E-state index is 12.2. The van der Waals surface area contributed by atoms with E-state index in [1.54, 1.807) is 6.07 Å². The van der Waals surface area contributed by atoms with Gasteiger partial charge >= 0.3 is 6.36 Å². The Morgan fingerprint density at radius 3 is 2.89 bits per heavy atom. The molecule has 0 saturated carbocycles. The summed E-state index contributed by atoms with van der Waals surface area (Å²) in [6.07, 6.45) is -3.59. The summed E-state index contributed by atoms with van der Waals surface area (Å²) in [4.78, 5) is 2.09. The van der Waals surface area contributed by atoms with E-state index in [0.717, 1.165) is 31.7 Å². The van der Waals surface area contributed by atoms with Crippen molar-refractivity contribution in [1.29, 1.82) is 0 Å². The molecule has 3 nitrogen and oxygen atoms in total. The molecule has 0 amide bonds. The van der Waals surface area contributed by atoms with Crippen LogP contribution in [0.1, 0.15) is 6.42 Å². The topological polar surface area (TPSA) is 24.5 Å². The van der Waals surface area contributed by atoms with Crippen molar-refractivity contribution < 1.29 is 17.9 Å². The van der Waals surface area contributed by atoms with Crippen LogP contribution in [0.15, 0.2) is 24.3 Å². The van der Waals surface area contributed by atoms with Crippen molar-refractivity contribution in [3.05, 3.63) is 24.3 Å². The Labute approximate surface area is 110 Å². The predicted octanol–water partition coefficient (Wildman–Crippen LogP) is 2.63. The first kappa shape index (κ1) is 14.0. The molecular formula is C13H17F3N2O. The zero-order valence-corrected chi connectivity index (χ0v) is 10.7. The third-order valence-electron chi connectivity index (χ3n) is 3.19. The van der Waals surface area contributed by atoms with Crippen LogP contribution in [0.2, 0.25) is 0 Å². The van der Waals surface area contributed by atoms with E-state index in [9.17, 15) is 13.2 Å². The van der Waals surface area contributed by atoms with Gasteiger partial charge in [0.2, 0.25) is 0 Å². The quantitative estimate of drug-likeness (QED) is 0.913. The van der Waals surface area contributed by atoms with Crippen molar-refractivity contribution in [2.75, 3.05) is 31.6 Å². The third-order valence-corrected chi connectivity index (χ3v) is 3.19. The lowest BCUT2D eigenvalue weighted by Gasteiger charge is -2.20. The normalized spacial score (nSPS) is 19.8. The summed E-state index contributed by atoms with van der Waals surface area (Å²) in [7, 11) is 1.90. The Kier molecular flexibility index (Phi) is 4.19. The number of halogens is 3. The third kappa shape index (κ3) is 4.02. The van der Waals surface area contributed by atoms with Gasteiger partial charge < -0.3 is 15.0 Å². The minimum absolute atomic E-state index is 0.165. The fourth-order valence-corrected chi connectivity index (χ4v) is 2.40. The summed E-state index contributed by atoms with van der Waals surface area (Å²) in [5, 5.41) is 3.12. The molecule has 19 heavy (non-hydrogen) atoms. The van der Waals surface area contributed by atoms with Crippen LogP contribution in [0, 0.1) is 5.92 Å². The smallest absolute Gasteiger partial charge is 0.406 e. The van der Waals surface area contributed by atoms with E-state index in [0.29, 0.717) is 5.92 Å². The monoisotopic (exact) mass is 274 g/mol. The molecule has 0 aliphatic carbocycles. The van der Waals surface area contributed by atoms with Crippen LogP contribution in [0.4, 0.5) is 18.9 Å². The maximum absolute atomic E-state index is 12.2.